The molecule has 9 heteroatoms. The number of ether oxygens (including phenoxy) is 1. The standard InChI is InChI=1S/C19H18N4O4S/c1-2-27-17-6-4-3-5-16(17)21-18(24)13-28-19-20-11-12-22(19)14-7-9-15(10-8-14)23(25)26/h3-12H,2,13H2,1H3,(H,21,24). The highest BCUT2D eigenvalue weighted by atomic mass is 32.2. The van der Waals surface area contributed by atoms with Crippen LogP contribution in [0.2, 0.25) is 0 Å². The van der Waals surface area contributed by atoms with Crippen LogP contribution in [0.25, 0.3) is 5.69 Å². The normalized spacial score (nSPS) is 10.5. The third-order valence-electron chi connectivity index (χ3n) is 3.74. The van der Waals surface area contributed by atoms with E-state index in [0.29, 0.717) is 23.2 Å². The molecule has 0 radical (unpaired) electrons. The molecule has 1 aromatic heterocycles. The first-order valence-electron chi connectivity index (χ1n) is 8.51. The molecule has 28 heavy (non-hydrogen) atoms. The highest BCUT2D eigenvalue weighted by Crippen LogP contribution is 2.25. The number of hydrogen-bond acceptors (Lipinski definition) is 6. The maximum absolute atomic E-state index is 12.3. The highest BCUT2D eigenvalue weighted by molar-refractivity contribution is 7.99. The quantitative estimate of drug-likeness (QED) is 0.351. The highest BCUT2D eigenvalue weighted by Gasteiger charge is 2.12. The van der Waals surface area contributed by atoms with Crippen LogP contribution in [0.1, 0.15) is 6.92 Å². The van der Waals surface area contributed by atoms with E-state index in [1.165, 1.54) is 23.9 Å². The van der Waals surface area contributed by atoms with Crippen LogP contribution >= 0.6 is 11.8 Å². The number of benzene rings is 2. The van der Waals surface area contributed by atoms with E-state index in [-0.39, 0.29) is 17.3 Å². The summed E-state index contributed by atoms with van der Waals surface area (Å²) in [6.07, 6.45) is 3.36. The fraction of sp³-hybridized carbons (Fsp3) is 0.158. The number of carbonyl (C=O) groups is 1. The monoisotopic (exact) mass is 398 g/mol. The molecule has 0 spiro atoms. The van der Waals surface area contributed by atoms with E-state index in [9.17, 15) is 14.9 Å². The summed E-state index contributed by atoms with van der Waals surface area (Å²) >= 11 is 1.27. The van der Waals surface area contributed by atoms with E-state index < -0.39 is 4.92 Å². The SMILES string of the molecule is CCOc1ccccc1NC(=O)CSc1nccn1-c1ccc([N+](=O)[O-])cc1. The molecule has 144 valence electrons. The number of para-hydroxylation sites is 2. The first-order chi connectivity index (χ1) is 13.6. The van der Waals surface area contributed by atoms with Gasteiger partial charge in [-0.05, 0) is 31.2 Å². The minimum absolute atomic E-state index is 0.0189. The lowest BCUT2D eigenvalue weighted by Crippen LogP contribution is -2.15. The summed E-state index contributed by atoms with van der Waals surface area (Å²) in [5.74, 6) is 0.593. The Balaban J connectivity index is 1.65. The number of thioether (sulfide) groups is 1. The van der Waals surface area contributed by atoms with E-state index in [1.807, 2.05) is 19.1 Å². The van der Waals surface area contributed by atoms with Crippen molar-refractivity contribution in [1.29, 1.82) is 0 Å². The predicted octanol–water partition coefficient (Wildman–Crippen LogP) is 3.91. The van der Waals surface area contributed by atoms with E-state index in [1.54, 1.807) is 41.2 Å². The second kappa shape index (κ2) is 9.05. The summed E-state index contributed by atoms with van der Waals surface area (Å²) in [6, 6.07) is 13.4. The minimum atomic E-state index is -0.447. The van der Waals surface area contributed by atoms with Crippen molar-refractivity contribution in [2.45, 2.75) is 12.1 Å². The summed E-state index contributed by atoms with van der Waals surface area (Å²) in [5.41, 5.74) is 1.37. The number of nitrogens with zero attached hydrogens (tertiary/aromatic N) is 3. The van der Waals surface area contributed by atoms with Gasteiger partial charge < -0.3 is 10.1 Å². The summed E-state index contributed by atoms with van der Waals surface area (Å²) in [7, 11) is 0. The number of anilines is 1. The smallest absolute Gasteiger partial charge is 0.269 e. The maximum Gasteiger partial charge on any atom is 0.269 e. The first-order valence-corrected chi connectivity index (χ1v) is 9.49. The van der Waals surface area contributed by atoms with Gasteiger partial charge in [0.05, 0.1) is 23.0 Å². The lowest BCUT2D eigenvalue weighted by Gasteiger charge is -2.11. The van der Waals surface area contributed by atoms with Gasteiger partial charge in [-0.25, -0.2) is 4.98 Å². The molecule has 3 rings (SSSR count). The number of rotatable bonds is 8. The van der Waals surface area contributed by atoms with Crippen molar-refractivity contribution >= 4 is 29.0 Å². The molecular weight excluding hydrogens is 380 g/mol. The van der Waals surface area contributed by atoms with Gasteiger partial charge >= 0.3 is 0 Å². The lowest BCUT2D eigenvalue weighted by atomic mass is 10.3. The zero-order chi connectivity index (χ0) is 19.9. The summed E-state index contributed by atoms with van der Waals surface area (Å²) in [5, 5.41) is 14.2. The van der Waals surface area contributed by atoms with Crippen molar-refractivity contribution < 1.29 is 14.5 Å². The number of nitro benzene ring substituents is 1. The number of imidazole rings is 1. The number of non-ortho nitro benzene ring substituents is 1. The number of nitrogens with one attached hydrogen (secondary N) is 1. The number of amides is 1. The molecule has 0 bridgehead atoms. The fourth-order valence-corrected chi connectivity index (χ4v) is 3.27. The molecule has 8 nitrogen and oxygen atoms in total. The fourth-order valence-electron chi connectivity index (χ4n) is 2.50. The molecule has 0 aliphatic rings. The van der Waals surface area contributed by atoms with Crippen LogP contribution in [0.5, 0.6) is 5.75 Å². The second-order valence-electron chi connectivity index (χ2n) is 5.62. The second-order valence-corrected chi connectivity index (χ2v) is 6.56. The van der Waals surface area contributed by atoms with Crippen LogP contribution in [-0.2, 0) is 4.79 Å². The first kappa shape index (κ1) is 19.4. The Labute approximate surface area is 165 Å². The Morgan fingerprint density at radius 3 is 2.71 bits per heavy atom. The molecule has 0 unspecified atom stereocenters. The van der Waals surface area contributed by atoms with Crippen molar-refractivity contribution in [3.05, 3.63) is 71.0 Å². The molecule has 1 amide bonds. The maximum atomic E-state index is 12.3. The molecular formula is C19H18N4O4S. The third-order valence-corrected chi connectivity index (χ3v) is 4.71. The van der Waals surface area contributed by atoms with Crippen molar-refractivity contribution in [2.75, 3.05) is 17.7 Å². The van der Waals surface area contributed by atoms with Crippen molar-refractivity contribution in [2.24, 2.45) is 0 Å². The summed E-state index contributed by atoms with van der Waals surface area (Å²) in [4.78, 5) is 26.9. The Morgan fingerprint density at radius 1 is 1.25 bits per heavy atom. The summed E-state index contributed by atoms with van der Waals surface area (Å²) in [6.45, 7) is 2.39. The average Bonchev–Trinajstić information content (AvgIpc) is 3.17. The molecule has 3 aromatic rings. The van der Waals surface area contributed by atoms with E-state index >= 15 is 0 Å². The minimum Gasteiger partial charge on any atom is -0.492 e. The van der Waals surface area contributed by atoms with Gasteiger partial charge in [0.1, 0.15) is 5.75 Å². The Kier molecular flexibility index (Phi) is 6.28. The lowest BCUT2D eigenvalue weighted by molar-refractivity contribution is -0.384. The Morgan fingerprint density at radius 2 is 2.00 bits per heavy atom. The Hall–Kier alpha value is -3.33. The Bertz CT molecular complexity index is 972. The molecule has 0 saturated carbocycles. The zero-order valence-electron chi connectivity index (χ0n) is 15.1. The van der Waals surface area contributed by atoms with Crippen molar-refractivity contribution in [1.82, 2.24) is 9.55 Å². The van der Waals surface area contributed by atoms with E-state index in [0.717, 1.165) is 5.69 Å². The largest absolute Gasteiger partial charge is 0.492 e. The molecule has 2 aromatic carbocycles. The van der Waals surface area contributed by atoms with Gasteiger partial charge in [0.25, 0.3) is 5.69 Å². The van der Waals surface area contributed by atoms with Gasteiger partial charge in [0, 0.05) is 30.2 Å². The van der Waals surface area contributed by atoms with Gasteiger partial charge in [0.2, 0.25) is 5.91 Å². The molecule has 0 atom stereocenters. The average molecular weight is 398 g/mol. The molecule has 1 heterocycles. The van der Waals surface area contributed by atoms with Gasteiger partial charge in [-0.2, -0.15) is 0 Å². The van der Waals surface area contributed by atoms with Crippen LogP contribution in [0.3, 0.4) is 0 Å². The van der Waals surface area contributed by atoms with Gasteiger partial charge in [-0.1, -0.05) is 23.9 Å². The number of nitro groups is 1. The molecule has 0 aliphatic heterocycles. The topological polar surface area (TPSA) is 99.3 Å². The number of hydrogen-bond donors (Lipinski definition) is 1. The van der Waals surface area contributed by atoms with Crippen LogP contribution in [0.4, 0.5) is 11.4 Å². The van der Waals surface area contributed by atoms with Gasteiger partial charge in [-0.3, -0.25) is 19.5 Å². The van der Waals surface area contributed by atoms with Crippen molar-refractivity contribution in [3.8, 4) is 11.4 Å². The van der Waals surface area contributed by atoms with Gasteiger partial charge in [-0.15, -0.1) is 0 Å². The van der Waals surface area contributed by atoms with Crippen LogP contribution in [0.15, 0.2) is 66.1 Å². The van der Waals surface area contributed by atoms with Gasteiger partial charge in [0.15, 0.2) is 5.16 Å². The van der Waals surface area contributed by atoms with Crippen LogP contribution < -0.4 is 10.1 Å². The third kappa shape index (κ3) is 4.68. The molecule has 0 saturated heterocycles. The zero-order valence-corrected chi connectivity index (χ0v) is 15.9. The summed E-state index contributed by atoms with van der Waals surface area (Å²) < 4.78 is 7.28. The van der Waals surface area contributed by atoms with E-state index in [4.69, 9.17) is 4.74 Å². The van der Waals surface area contributed by atoms with Crippen LogP contribution in [-0.4, -0.2) is 32.7 Å². The van der Waals surface area contributed by atoms with Crippen molar-refractivity contribution in [3.63, 3.8) is 0 Å². The number of aromatic nitrogens is 2. The molecule has 1 N–H and O–H groups in total. The molecule has 0 fully saturated rings. The number of carbonyl (C=O) groups excluding carboxylic acids is 1. The predicted molar refractivity (Wildman–Crippen MR) is 107 cm³/mol. The van der Waals surface area contributed by atoms with Crippen LogP contribution in [0, 0.1) is 10.1 Å². The molecule has 0 aliphatic carbocycles. The van der Waals surface area contributed by atoms with E-state index in [2.05, 4.69) is 10.3 Å².